The van der Waals surface area contributed by atoms with Crippen LogP contribution >= 0.6 is 0 Å². The molecule has 1 amide bonds. The van der Waals surface area contributed by atoms with Crippen LogP contribution in [0.2, 0.25) is 0 Å². The molecule has 0 aromatic carbocycles. The van der Waals surface area contributed by atoms with Gasteiger partial charge in [-0.3, -0.25) is 14.6 Å². The number of hydrogen-bond acceptors (Lipinski definition) is 4. The van der Waals surface area contributed by atoms with Gasteiger partial charge < -0.3 is 9.80 Å². The van der Waals surface area contributed by atoms with Crippen LogP contribution in [0.4, 0.5) is 0 Å². The van der Waals surface area contributed by atoms with Crippen LogP contribution in [-0.2, 0) is 4.79 Å². The largest absolute Gasteiger partial charge is 0.339 e. The van der Waals surface area contributed by atoms with E-state index < -0.39 is 0 Å². The third-order valence-corrected chi connectivity index (χ3v) is 5.97. The molecule has 3 aliphatic heterocycles. The molecule has 0 N–H and O–H groups in total. The molecular weight excluding hydrogens is 288 g/mol. The van der Waals surface area contributed by atoms with Crippen molar-refractivity contribution >= 4 is 5.91 Å². The fraction of sp³-hybridized carbons (Fsp3) is 0.944. The molecule has 0 aromatic heterocycles. The van der Waals surface area contributed by atoms with Gasteiger partial charge in [-0.25, -0.2) is 0 Å². The lowest BCUT2D eigenvalue weighted by Gasteiger charge is -2.39. The van der Waals surface area contributed by atoms with E-state index in [1.54, 1.807) is 0 Å². The number of nitrogens with zero attached hydrogens (tertiary/aromatic N) is 4. The van der Waals surface area contributed by atoms with E-state index in [4.69, 9.17) is 0 Å². The molecule has 3 rings (SSSR count). The zero-order valence-corrected chi connectivity index (χ0v) is 15.0. The van der Waals surface area contributed by atoms with E-state index in [-0.39, 0.29) is 0 Å². The Kier molecular flexibility index (Phi) is 5.94. The molecule has 5 nitrogen and oxygen atoms in total. The Bertz CT molecular complexity index is 378. The molecule has 0 bridgehead atoms. The van der Waals surface area contributed by atoms with Crippen molar-refractivity contribution in [3.8, 4) is 0 Å². The Balaban J connectivity index is 1.38. The van der Waals surface area contributed by atoms with Crippen molar-refractivity contribution in [2.75, 3.05) is 58.9 Å². The summed E-state index contributed by atoms with van der Waals surface area (Å²) in [5.74, 6) is 0.341. The maximum absolute atomic E-state index is 12.5. The predicted molar refractivity (Wildman–Crippen MR) is 93.6 cm³/mol. The molecule has 5 heteroatoms. The molecule has 0 unspecified atom stereocenters. The van der Waals surface area contributed by atoms with Gasteiger partial charge in [0.05, 0.1) is 6.54 Å². The molecule has 3 saturated heterocycles. The van der Waals surface area contributed by atoms with Crippen molar-refractivity contribution in [3.63, 3.8) is 0 Å². The summed E-state index contributed by atoms with van der Waals surface area (Å²) >= 11 is 0. The van der Waals surface area contributed by atoms with Crippen LogP contribution in [0.1, 0.15) is 39.5 Å². The van der Waals surface area contributed by atoms with Crippen LogP contribution < -0.4 is 0 Å². The Labute approximate surface area is 141 Å². The van der Waals surface area contributed by atoms with Gasteiger partial charge in [-0.1, -0.05) is 0 Å². The number of carbonyl (C=O) groups excluding carboxylic acids is 1. The number of rotatable bonds is 4. The van der Waals surface area contributed by atoms with Crippen molar-refractivity contribution < 1.29 is 4.79 Å². The Morgan fingerprint density at radius 3 is 2.09 bits per heavy atom. The summed E-state index contributed by atoms with van der Waals surface area (Å²) in [5, 5.41) is 0. The Hall–Kier alpha value is -0.650. The van der Waals surface area contributed by atoms with Gasteiger partial charge in [0.15, 0.2) is 0 Å². The van der Waals surface area contributed by atoms with Gasteiger partial charge in [-0.15, -0.1) is 0 Å². The van der Waals surface area contributed by atoms with E-state index in [2.05, 4.69) is 33.4 Å². The van der Waals surface area contributed by atoms with Crippen molar-refractivity contribution in [2.45, 2.75) is 51.6 Å². The predicted octanol–water partition coefficient (Wildman–Crippen LogP) is 1.10. The van der Waals surface area contributed by atoms with Crippen LogP contribution in [0.3, 0.4) is 0 Å². The molecule has 3 fully saturated rings. The second-order valence-corrected chi connectivity index (χ2v) is 7.76. The van der Waals surface area contributed by atoms with E-state index in [9.17, 15) is 4.79 Å². The molecule has 0 radical (unpaired) electrons. The van der Waals surface area contributed by atoms with Crippen molar-refractivity contribution in [1.82, 2.24) is 19.6 Å². The lowest BCUT2D eigenvalue weighted by atomic mass is 10.0. The summed E-state index contributed by atoms with van der Waals surface area (Å²) < 4.78 is 0. The van der Waals surface area contributed by atoms with Gasteiger partial charge in [-0.2, -0.15) is 0 Å². The van der Waals surface area contributed by atoms with E-state index in [0.29, 0.717) is 18.5 Å². The number of likely N-dealkylation sites (tertiary alicyclic amines) is 2. The number of hydrogen-bond donors (Lipinski definition) is 0. The molecule has 0 saturated carbocycles. The van der Waals surface area contributed by atoms with Crippen LogP contribution in [-0.4, -0.2) is 96.5 Å². The molecule has 3 aliphatic rings. The average Bonchev–Trinajstić information content (AvgIpc) is 3.10. The van der Waals surface area contributed by atoms with Crippen LogP contribution in [0.25, 0.3) is 0 Å². The first-order valence-corrected chi connectivity index (χ1v) is 9.61. The van der Waals surface area contributed by atoms with Gasteiger partial charge >= 0.3 is 0 Å². The van der Waals surface area contributed by atoms with Crippen molar-refractivity contribution in [1.29, 1.82) is 0 Å². The average molecular weight is 322 g/mol. The van der Waals surface area contributed by atoms with Crippen LogP contribution in [0.15, 0.2) is 0 Å². The normalized spacial score (nSPS) is 26.3. The fourth-order valence-corrected chi connectivity index (χ4v) is 4.33. The quantitative estimate of drug-likeness (QED) is 0.775. The molecule has 0 aromatic rings. The van der Waals surface area contributed by atoms with Crippen molar-refractivity contribution in [2.24, 2.45) is 0 Å². The second-order valence-electron chi connectivity index (χ2n) is 7.76. The summed E-state index contributed by atoms with van der Waals surface area (Å²) in [6.45, 7) is 13.8. The topological polar surface area (TPSA) is 30.0 Å². The van der Waals surface area contributed by atoms with Gasteiger partial charge in [0, 0.05) is 51.4 Å². The van der Waals surface area contributed by atoms with Crippen LogP contribution in [0.5, 0.6) is 0 Å². The maximum Gasteiger partial charge on any atom is 0.236 e. The second kappa shape index (κ2) is 7.95. The smallest absolute Gasteiger partial charge is 0.236 e. The molecule has 0 aliphatic carbocycles. The summed E-state index contributed by atoms with van der Waals surface area (Å²) in [5.41, 5.74) is 0. The minimum Gasteiger partial charge on any atom is -0.339 e. The van der Waals surface area contributed by atoms with Crippen molar-refractivity contribution in [3.05, 3.63) is 0 Å². The number of piperidine rings is 1. The minimum absolute atomic E-state index is 0.341. The SMILES string of the molecule is CC(C)N1CCN(C(=O)CN2CCC(N3CCCC3)CC2)CC1. The highest BCUT2D eigenvalue weighted by Crippen LogP contribution is 2.21. The van der Waals surface area contributed by atoms with E-state index in [1.165, 1.54) is 38.8 Å². The number of carbonyl (C=O) groups is 1. The summed E-state index contributed by atoms with van der Waals surface area (Å²) in [7, 11) is 0. The van der Waals surface area contributed by atoms with Gasteiger partial charge in [0.25, 0.3) is 0 Å². The monoisotopic (exact) mass is 322 g/mol. The van der Waals surface area contributed by atoms with Gasteiger partial charge in [-0.05, 0) is 52.6 Å². The zero-order chi connectivity index (χ0) is 16.2. The van der Waals surface area contributed by atoms with E-state index >= 15 is 0 Å². The minimum atomic E-state index is 0.341. The Morgan fingerprint density at radius 1 is 0.913 bits per heavy atom. The van der Waals surface area contributed by atoms with Gasteiger partial charge in [0.1, 0.15) is 0 Å². The van der Waals surface area contributed by atoms with Gasteiger partial charge in [0.2, 0.25) is 5.91 Å². The number of piperazine rings is 1. The molecule has 3 heterocycles. The summed E-state index contributed by atoms with van der Waals surface area (Å²) in [4.78, 5) is 22.1. The fourth-order valence-electron chi connectivity index (χ4n) is 4.33. The molecule has 0 spiro atoms. The third-order valence-electron chi connectivity index (χ3n) is 5.97. The summed E-state index contributed by atoms with van der Waals surface area (Å²) in [6.07, 6.45) is 5.24. The van der Waals surface area contributed by atoms with E-state index in [1.807, 2.05) is 0 Å². The highest BCUT2D eigenvalue weighted by molar-refractivity contribution is 5.78. The highest BCUT2D eigenvalue weighted by atomic mass is 16.2. The standard InChI is InChI=1S/C18H34N4O/c1-16(2)20-11-13-22(14-12-20)18(23)15-19-9-5-17(6-10-19)21-7-3-4-8-21/h16-17H,3-15H2,1-2H3. The zero-order valence-electron chi connectivity index (χ0n) is 15.0. The first-order chi connectivity index (χ1) is 11.1. The lowest BCUT2D eigenvalue weighted by Crippen LogP contribution is -2.53. The Morgan fingerprint density at radius 2 is 1.52 bits per heavy atom. The third kappa shape index (κ3) is 4.46. The summed E-state index contributed by atoms with van der Waals surface area (Å²) in [6, 6.07) is 1.37. The lowest BCUT2D eigenvalue weighted by molar-refractivity contribution is -0.134. The molecule has 23 heavy (non-hydrogen) atoms. The first kappa shape index (κ1) is 17.2. The molecule has 0 atom stereocenters. The van der Waals surface area contributed by atoms with Crippen LogP contribution in [0, 0.1) is 0 Å². The van der Waals surface area contributed by atoms with E-state index in [0.717, 1.165) is 45.3 Å². The molecule has 132 valence electrons. The maximum atomic E-state index is 12.5. The first-order valence-electron chi connectivity index (χ1n) is 9.61. The highest BCUT2D eigenvalue weighted by Gasteiger charge is 2.28. The number of amides is 1. The molecular formula is C18H34N4O.